The van der Waals surface area contributed by atoms with Crippen LogP contribution >= 0.6 is 12.2 Å². The predicted octanol–water partition coefficient (Wildman–Crippen LogP) is 4.53. The summed E-state index contributed by atoms with van der Waals surface area (Å²) in [6.45, 7) is 1.45. The summed E-state index contributed by atoms with van der Waals surface area (Å²) in [7, 11) is 0. The normalized spacial score (nSPS) is 15.1. The maximum Gasteiger partial charge on any atom is 0.266 e. The third-order valence-corrected chi connectivity index (χ3v) is 6.08. The van der Waals surface area contributed by atoms with Crippen LogP contribution in [0.2, 0.25) is 0 Å². The molecule has 0 unspecified atom stereocenters. The molecule has 0 bridgehead atoms. The van der Waals surface area contributed by atoms with E-state index in [-0.39, 0.29) is 17.2 Å². The molecule has 3 heterocycles. The fourth-order valence-corrected chi connectivity index (χ4v) is 4.31. The van der Waals surface area contributed by atoms with Gasteiger partial charge in [0.25, 0.3) is 11.8 Å². The minimum atomic E-state index is -0.510. The fraction of sp³-hybridized carbons (Fsp3) is 0.148. The second-order valence-corrected chi connectivity index (χ2v) is 8.48. The quantitative estimate of drug-likeness (QED) is 0.172. The molecule has 1 aliphatic rings. The molecule has 0 atom stereocenters. The van der Waals surface area contributed by atoms with E-state index in [1.807, 2.05) is 60.8 Å². The van der Waals surface area contributed by atoms with Gasteiger partial charge in [0.2, 0.25) is 0 Å². The number of amides is 2. The highest BCUT2D eigenvalue weighted by Crippen LogP contribution is 2.26. The van der Waals surface area contributed by atoms with E-state index in [1.54, 1.807) is 18.2 Å². The summed E-state index contributed by atoms with van der Waals surface area (Å²) in [5.41, 5.74) is 1.83. The minimum absolute atomic E-state index is 0.0282. The molecule has 1 aliphatic heterocycles. The lowest BCUT2D eigenvalue weighted by atomic mass is 10.1. The van der Waals surface area contributed by atoms with Gasteiger partial charge in [0.1, 0.15) is 17.1 Å². The Morgan fingerprint density at radius 2 is 1.80 bits per heavy atom. The van der Waals surface area contributed by atoms with E-state index in [1.165, 1.54) is 11.2 Å². The van der Waals surface area contributed by atoms with Gasteiger partial charge in [-0.3, -0.25) is 19.8 Å². The molecule has 0 saturated carbocycles. The molecule has 176 valence electrons. The van der Waals surface area contributed by atoms with Crippen LogP contribution in [0.5, 0.6) is 5.75 Å². The van der Waals surface area contributed by atoms with Crippen LogP contribution in [0.15, 0.2) is 89.2 Å². The van der Waals surface area contributed by atoms with Crippen LogP contribution in [0.3, 0.4) is 0 Å². The third kappa shape index (κ3) is 4.88. The summed E-state index contributed by atoms with van der Waals surface area (Å²) in [6.07, 6.45) is 5.93. The maximum atomic E-state index is 13.2. The van der Waals surface area contributed by atoms with Crippen molar-refractivity contribution in [2.24, 2.45) is 0 Å². The molecule has 4 aromatic rings. The van der Waals surface area contributed by atoms with Gasteiger partial charge >= 0.3 is 0 Å². The Hall–Kier alpha value is -4.17. The topological polar surface area (TPSA) is 76.7 Å². The summed E-state index contributed by atoms with van der Waals surface area (Å²) in [6, 6.07) is 21.1. The van der Waals surface area contributed by atoms with Crippen LogP contribution in [0.25, 0.3) is 17.0 Å². The zero-order valence-corrected chi connectivity index (χ0v) is 19.7. The molecule has 1 N–H and O–H groups in total. The number of aryl methyl sites for hydroxylation is 1. The van der Waals surface area contributed by atoms with E-state index < -0.39 is 11.8 Å². The molecule has 0 radical (unpaired) electrons. The number of nitrogens with one attached hydrogen (secondary N) is 1. The van der Waals surface area contributed by atoms with Crippen LogP contribution in [0.1, 0.15) is 17.7 Å². The van der Waals surface area contributed by atoms with Crippen molar-refractivity contribution >= 4 is 46.1 Å². The average molecular weight is 486 g/mol. The number of nitrogens with zero attached hydrogens (tertiary/aromatic N) is 2. The zero-order chi connectivity index (χ0) is 24.2. The molecule has 7 nitrogen and oxygen atoms in total. The Morgan fingerprint density at radius 3 is 2.60 bits per heavy atom. The number of rotatable bonds is 8. The summed E-state index contributed by atoms with van der Waals surface area (Å²) in [5, 5.41) is 3.64. The van der Waals surface area contributed by atoms with Gasteiger partial charge in [0.15, 0.2) is 5.11 Å². The second kappa shape index (κ2) is 9.99. The highest BCUT2D eigenvalue weighted by molar-refractivity contribution is 7.80. The number of thiocarbonyl (C=S) groups is 1. The van der Waals surface area contributed by atoms with E-state index in [4.69, 9.17) is 21.4 Å². The Morgan fingerprint density at radius 1 is 1.00 bits per heavy atom. The summed E-state index contributed by atoms with van der Waals surface area (Å²) in [4.78, 5) is 27.2. The van der Waals surface area contributed by atoms with Crippen molar-refractivity contribution in [3.05, 3.63) is 96.1 Å². The number of hydrogen-bond acceptors (Lipinski definition) is 5. The summed E-state index contributed by atoms with van der Waals surface area (Å²) >= 11 is 5.24. The van der Waals surface area contributed by atoms with Crippen molar-refractivity contribution in [2.75, 3.05) is 6.61 Å². The molecule has 5 rings (SSSR count). The maximum absolute atomic E-state index is 13.2. The standard InChI is InChI=1S/C27H23N3O4S/c31-25-23(26(32)30(27(35)28-25)18-21-10-6-14-34-21)16-19-17-29(24-12-5-4-11-22(19)24)13-7-15-33-20-8-2-1-3-9-20/h1-6,8-12,14,16-17H,7,13,15,18H2,(H,28,31,35)/b23-16-. The molecule has 2 amide bonds. The van der Waals surface area contributed by atoms with Gasteiger partial charge in [-0.1, -0.05) is 36.4 Å². The van der Waals surface area contributed by atoms with Gasteiger partial charge < -0.3 is 13.7 Å². The van der Waals surface area contributed by atoms with Gasteiger partial charge in [0.05, 0.1) is 19.4 Å². The third-order valence-electron chi connectivity index (χ3n) is 5.75. The first-order valence-corrected chi connectivity index (χ1v) is 11.7. The highest BCUT2D eigenvalue weighted by Gasteiger charge is 2.34. The largest absolute Gasteiger partial charge is 0.494 e. The number of furan rings is 1. The van der Waals surface area contributed by atoms with Crippen molar-refractivity contribution in [3.63, 3.8) is 0 Å². The number of benzene rings is 2. The molecule has 1 saturated heterocycles. The van der Waals surface area contributed by atoms with Crippen LogP contribution in [0, 0.1) is 0 Å². The van der Waals surface area contributed by atoms with Gasteiger partial charge in [-0.2, -0.15) is 0 Å². The fourth-order valence-electron chi connectivity index (χ4n) is 4.07. The van der Waals surface area contributed by atoms with Gasteiger partial charge in [-0.15, -0.1) is 0 Å². The molecule has 2 aromatic heterocycles. The number of para-hydroxylation sites is 2. The molecule has 35 heavy (non-hydrogen) atoms. The average Bonchev–Trinajstić information content (AvgIpc) is 3.51. The Bertz CT molecular complexity index is 1410. The number of carbonyl (C=O) groups excluding carboxylic acids is 2. The first-order chi connectivity index (χ1) is 17.1. The van der Waals surface area contributed by atoms with Crippen LogP contribution in [0.4, 0.5) is 0 Å². The van der Waals surface area contributed by atoms with Crippen molar-refractivity contribution < 1.29 is 18.7 Å². The van der Waals surface area contributed by atoms with Crippen molar-refractivity contribution in [3.8, 4) is 5.75 Å². The first kappa shape index (κ1) is 22.6. The molecule has 2 aromatic carbocycles. The SMILES string of the molecule is O=C1NC(=S)N(Cc2ccco2)C(=O)/C1=C\c1cn(CCCOc2ccccc2)c2ccccc12. The van der Waals surface area contributed by atoms with Gasteiger partial charge in [-0.25, -0.2) is 0 Å². The number of fused-ring (bicyclic) bond motifs is 1. The Balaban J connectivity index is 1.37. The van der Waals surface area contributed by atoms with Crippen LogP contribution in [-0.2, 0) is 22.7 Å². The zero-order valence-electron chi connectivity index (χ0n) is 18.8. The van der Waals surface area contributed by atoms with E-state index in [0.29, 0.717) is 12.4 Å². The summed E-state index contributed by atoms with van der Waals surface area (Å²) < 4.78 is 13.3. The molecule has 8 heteroatoms. The lowest BCUT2D eigenvalue weighted by molar-refractivity contribution is -0.129. The van der Waals surface area contributed by atoms with E-state index >= 15 is 0 Å². The molecule has 1 fully saturated rings. The van der Waals surface area contributed by atoms with Gasteiger partial charge in [0, 0.05) is 29.2 Å². The number of aromatic nitrogens is 1. The minimum Gasteiger partial charge on any atom is -0.494 e. The monoisotopic (exact) mass is 485 g/mol. The number of hydrogen-bond donors (Lipinski definition) is 1. The Kier molecular flexibility index (Phi) is 6.45. The van der Waals surface area contributed by atoms with E-state index in [9.17, 15) is 9.59 Å². The van der Waals surface area contributed by atoms with E-state index in [0.717, 1.165) is 35.2 Å². The molecular weight excluding hydrogens is 462 g/mol. The Labute approximate surface area is 207 Å². The van der Waals surface area contributed by atoms with Crippen molar-refractivity contribution in [2.45, 2.75) is 19.5 Å². The number of ether oxygens (including phenoxy) is 1. The van der Waals surface area contributed by atoms with Crippen molar-refractivity contribution in [1.82, 2.24) is 14.8 Å². The lowest BCUT2D eigenvalue weighted by Gasteiger charge is -2.28. The first-order valence-electron chi connectivity index (χ1n) is 11.3. The van der Waals surface area contributed by atoms with E-state index in [2.05, 4.69) is 9.88 Å². The molecular formula is C27H23N3O4S. The van der Waals surface area contributed by atoms with Crippen LogP contribution in [-0.4, -0.2) is 33.0 Å². The van der Waals surface area contributed by atoms with Gasteiger partial charge in [-0.05, 0) is 55.0 Å². The smallest absolute Gasteiger partial charge is 0.266 e. The molecule has 0 spiro atoms. The van der Waals surface area contributed by atoms with Crippen molar-refractivity contribution in [1.29, 1.82) is 0 Å². The van der Waals surface area contributed by atoms with Crippen LogP contribution < -0.4 is 10.1 Å². The molecule has 0 aliphatic carbocycles. The second-order valence-electron chi connectivity index (χ2n) is 8.10. The highest BCUT2D eigenvalue weighted by atomic mass is 32.1. The predicted molar refractivity (Wildman–Crippen MR) is 136 cm³/mol. The lowest BCUT2D eigenvalue weighted by Crippen LogP contribution is -2.53. The summed E-state index contributed by atoms with van der Waals surface area (Å²) in [5.74, 6) is 0.451. The number of carbonyl (C=O) groups is 2.